The first-order valence-corrected chi connectivity index (χ1v) is 3.59. The number of benzene rings is 1. The molecule has 0 aliphatic rings. The summed E-state index contributed by atoms with van der Waals surface area (Å²) in [5.74, 6) is 0.327. The van der Waals surface area contributed by atoms with Gasteiger partial charge in [-0.15, -0.1) is 12.4 Å². The van der Waals surface area contributed by atoms with Crippen LogP contribution in [0.2, 0.25) is 0 Å². The van der Waals surface area contributed by atoms with Crippen LogP contribution >= 0.6 is 12.4 Å². The van der Waals surface area contributed by atoms with E-state index in [4.69, 9.17) is 10.5 Å². The monoisotopic (exact) mass is 201 g/mol. The number of methoxy groups -OCH3 is 1. The third kappa shape index (κ3) is 2.63. The minimum absolute atomic E-state index is 0. The van der Waals surface area contributed by atoms with Gasteiger partial charge in [-0.2, -0.15) is 0 Å². The van der Waals surface area contributed by atoms with Crippen LogP contribution in [0.5, 0.6) is 5.75 Å². The van der Waals surface area contributed by atoms with Crippen molar-refractivity contribution in [3.63, 3.8) is 0 Å². The van der Waals surface area contributed by atoms with Crippen LogP contribution in [0.3, 0.4) is 0 Å². The van der Waals surface area contributed by atoms with Gasteiger partial charge in [0.15, 0.2) is 0 Å². The highest BCUT2D eigenvalue weighted by Crippen LogP contribution is 2.15. The van der Waals surface area contributed by atoms with Crippen LogP contribution in [0.15, 0.2) is 18.2 Å². The minimum Gasteiger partial charge on any atom is -0.497 e. The Kier molecular flexibility index (Phi) is 4.28. The second-order valence-corrected chi connectivity index (χ2v) is 2.55. The van der Waals surface area contributed by atoms with Crippen molar-refractivity contribution in [2.45, 2.75) is 6.92 Å². The van der Waals surface area contributed by atoms with Crippen LogP contribution in [0.4, 0.5) is 0 Å². The summed E-state index contributed by atoms with van der Waals surface area (Å²) in [6.07, 6.45) is 0. The molecule has 3 nitrogen and oxygen atoms in total. The van der Waals surface area contributed by atoms with E-state index in [2.05, 4.69) is 0 Å². The Morgan fingerprint density at radius 3 is 2.46 bits per heavy atom. The largest absolute Gasteiger partial charge is 0.497 e. The lowest BCUT2D eigenvalue weighted by Crippen LogP contribution is -2.12. The number of amides is 1. The van der Waals surface area contributed by atoms with Crippen LogP contribution in [0, 0.1) is 6.92 Å². The van der Waals surface area contributed by atoms with Crippen LogP contribution in [-0.2, 0) is 0 Å². The van der Waals surface area contributed by atoms with E-state index in [1.54, 1.807) is 25.3 Å². The first kappa shape index (κ1) is 11.8. The number of nitrogens with two attached hydrogens (primary N) is 1. The molecule has 72 valence electrons. The number of primary amides is 1. The number of rotatable bonds is 2. The Bertz CT molecular complexity index is 312. The average molecular weight is 202 g/mol. The number of carbonyl (C=O) groups is 1. The Hall–Kier alpha value is -1.22. The highest BCUT2D eigenvalue weighted by molar-refractivity contribution is 5.94. The zero-order valence-electron chi connectivity index (χ0n) is 7.53. The van der Waals surface area contributed by atoms with E-state index in [1.165, 1.54) is 0 Å². The summed E-state index contributed by atoms with van der Waals surface area (Å²) in [5.41, 5.74) is 6.50. The lowest BCUT2D eigenvalue weighted by atomic mass is 10.1. The SMILES string of the molecule is COc1ccc(C(N)=O)c(C)c1.Cl. The summed E-state index contributed by atoms with van der Waals surface area (Å²) in [7, 11) is 1.58. The molecular formula is C9H12ClNO2. The molecule has 0 heterocycles. The summed E-state index contributed by atoms with van der Waals surface area (Å²) >= 11 is 0. The molecule has 0 aromatic heterocycles. The molecular weight excluding hydrogens is 190 g/mol. The molecule has 0 bridgehead atoms. The number of hydrogen-bond acceptors (Lipinski definition) is 2. The highest BCUT2D eigenvalue weighted by atomic mass is 35.5. The lowest BCUT2D eigenvalue weighted by Gasteiger charge is -2.03. The van der Waals surface area contributed by atoms with E-state index in [0.29, 0.717) is 5.56 Å². The number of carbonyl (C=O) groups excluding carboxylic acids is 1. The molecule has 1 aromatic rings. The smallest absolute Gasteiger partial charge is 0.248 e. The molecule has 13 heavy (non-hydrogen) atoms. The molecule has 0 saturated heterocycles. The molecule has 1 aromatic carbocycles. The molecule has 0 saturated carbocycles. The van der Waals surface area contributed by atoms with Crippen molar-refractivity contribution in [2.75, 3.05) is 7.11 Å². The van der Waals surface area contributed by atoms with E-state index in [1.807, 2.05) is 6.92 Å². The van der Waals surface area contributed by atoms with Gasteiger partial charge in [0.25, 0.3) is 0 Å². The summed E-state index contributed by atoms with van der Waals surface area (Å²) in [6, 6.07) is 5.16. The summed E-state index contributed by atoms with van der Waals surface area (Å²) in [5, 5.41) is 0. The molecule has 4 heteroatoms. The normalized spacial score (nSPS) is 8.77. The fourth-order valence-corrected chi connectivity index (χ4v) is 1.04. The van der Waals surface area contributed by atoms with Crippen LogP contribution in [0.25, 0.3) is 0 Å². The van der Waals surface area contributed by atoms with Gasteiger partial charge >= 0.3 is 0 Å². The molecule has 0 aliphatic heterocycles. The fraction of sp³-hybridized carbons (Fsp3) is 0.222. The van der Waals surface area contributed by atoms with Crippen molar-refractivity contribution in [3.8, 4) is 5.75 Å². The van der Waals surface area contributed by atoms with Crippen LogP contribution < -0.4 is 10.5 Å². The molecule has 0 radical (unpaired) electrons. The van der Waals surface area contributed by atoms with E-state index in [0.717, 1.165) is 11.3 Å². The standard InChI is InChI=1S/C9H11NO2.ClH/c1-6-5-7(12-2)3-4-8(6)9(10)11;/h3-5H,1-2H3,(H2,10,11);1H. The second kappa shape index (κ2) is 4.72. The van der Waals surface area contributed by atoms with E-state index in [9.17, 15) is 4.79 Å². The maximum atomic E-state index is 10.8. The van der Waals surface area contributed by atoms with Gasteiger partial charge in [-0.1, -0.05) is 0 Å². The maximum absolute atomic E-state index is 10.8. The number of halogens is 1. The van der Waals surface area contributed by atoms with Crippen molar-refractivity contribution in [2.24, 2.45) is 5.73 Å². The van der Waals surface area contributed by atoms with Crippen molar-refractivity contribution in [1.29, 1.82) is 0 Å². The predicted octanol–water partition coefficient (Wildman–Crippen LogP) is 1.52. The second-order valence-electron chi connectivity index (χ2n) is 2.55. The molecule has 2 N–H and O–H groups in total. The van der Waals surface area contributed by atoms with Gasteiger partial charge in [0.2, 0.25) is 5.91 Å². The molecule has 1 amide bonds. The minimum atomic E-state index is -0.407. The van der Waals surface area contributed by atoms with Crippen LogP contribution in [-0.4, -0.2) is 13.0 Å². The summed E-state index contributed by atoms with van der Waals surface area (Å²) in [6.45, 7) is 1.82. The van der Waals surface area contributed by atoms with E-state index < -0.39 is 5.91 Å². The zero-order chi connectivity index (χ0) is 9.14. The Morgan fingerprint density at radius 1 is 1.46 bits per heavy atom. The fourth-order valence-electron chi connectivity index (χ4n) is 1.04. The zero-order valence-corrected chi connectivity index (χ0v) is 8.35. The van der Waals surface area contributed by atoms with Gasteiger partial charge in [-0.05, 0) is 30.7 Å². The third-order valence-electron chi connectivity index (χ3n) is 1.70. The predicted molar refractivity (Wildman–Crippen MR) is 53.5 cm³/mol. The van der Waals surface area contributed by atoms with Crippen LogP contribution in [0.1, 0.15) is 15.9 Å². The van der Waals surface area contributed by atoms with Gasteiger partial charge in [0.05, 0.1) is 7.11 Å². The van der Waals surface area contributed by atoms with Gasteiger partial charge in [-0.3, -0.25) is 4.79 Å². The molecule has 1 rings (SSSR count). The van der Waals surface area contributed by atoms with Crippen molar-refractivity contribution >= 4 is 18.3 Å². The van der Waals surface area contributed by atoms with Gasteiger partial charge in [0, 0.05) is 5.56 Å². The molecule has 0 fully saturated rings. The number of hydrogen-bond donors (Lipinski definition) is 1. The van der Waals surface area contributed by atoms with Gasteiger partial charge in [0.1, 0.15) is 5.75 Å². The number of aryl methyl sites for hydroxylation is 1. The Labute approximate surface area is 83.3 Å². The molecule has 0 unspecified atom stereocenters. The van der Waals surface area contributed by atoms with Crippen molar-refractivity contribution in [3.05, 3.63) is 29.3 Å². The topological polar surface area (TPSA) is 52.3 Å². The molecule has 0 atom stereocenters. The highest BCUT2D eigenvalue weighted by Gasteiger charge is 2.04. The van der Waals surface area contributed by atoms with Gasteiger partial charge in [-0.25, -0.2) is 0 Å². The summed E-state index contributed by atoms with van der Waals surface area (Å²) in [4.78, 5) is 10.8. The first-order chi connectivity index (χ1) is 5.65. The Balaban J connectivity index is 0.00000144. The van der Waals surface area contributed by atoms with Crippen molar-refractivity contribution < 1.29 is 9.53 Å². The van der Waals surface area contributed by atoms with E-state index >= 15 is 0 Å². The van der Waals surface area contributed by atoms with E-state index in [-0.39, 0.29) is 12.4 Å². The van der Waals surface area contributed by atoms with Crippen molar-refractivity contribution in [1.82, 2.24) is 0 Å². The molecule has 0 spiro atoms. The maximum Gasteiger partial charge on any atom is 0.248 e. The third-order valence-corrected chi connectivity index (χ3v) is 1.70. The number of ether oxygens (including phenoxy) is 1. The summed E-state index contributed by atoms with van der Waals surface area (Å²) < 4.78 is 4.98. The lowest BCUT2D eigenvalue weighted by molar-refractivity contribution is 0.0999. The first-order valence-electron chi connectivity index (χ1n) is 3.59. The Morgan fingerprint density at radius 2 is 2.08 bits per heavy atom. The molecule has 0 aliphatic carbocycles. The van der Waals surface area contributed by atoms with Gasteiger partial charge < -0.3 is 10.5 Å². The quantitative estimate of drug-likeness (QED) is 0.789. The average Bonchev–Trinajstić information content (AvgIpc) is 2.03.